The van der Waals surface area contributed by atoms with E-state index in [9.17, 15) is 4.79 Å². The zero-order valence-corrected chi connectivity index (χ0v) is 5.46. The summed E-state index contributed by atoms with van der Waals surface area (Å²) in [7, 11) is -0.443. The van der Waals surface area contributed by atoms with Crippen molar-refractivity contribution in [2.75, 3.05) is 12.8 Å². The minimum atomic E-state index is -0.443. The van der Waals surface area contributed by atoms with Crippen molar-refractivity contribution in [3.63, 3.8) is 0 Å². The Morgan fingerprint density at radius 3 is 2.62 bits per heavy atom. The van der Waals surface area contributed by atoms with Gasteiger partial charge in [-0.1, -0.05) is 0 Å². The summed E-state index contributed by atoms with van der Waals surface area (Å²) in [6.45, 7) is 1.93. The zero-order chi connectivity index (χ0) is 6.15. The number of carbonyl (C=O) groups is 1. The molecule has 1 fully saturated rings. The van der Waals surface area contributed by atoms with Crippen molar-refractivity contribution in [3.8, 4) is 0 Å². The molecule has 0 saturated carbocycles. The third-order valence-corrected chi connectivity index (χ3v) is 2.66. The highest BCUT2D eigenvalue weighted by atomic mass is 31.1. The maximum atomic E-state index is 10.4. The van der Waals surface area contributed by atoms with E-state index < -0.39 is 7.92 Å². The van der Waals surface area contributed by atoms with Crippen molar-refractivity contribution in [2.24, 2.45) is 0 Å². The second-order valence-electron chi connectivity index (χ2n) is 1.75. The Kier molecular flexibility index (Phi) is 1.30. The topological polar surface area (TPSA) is 53.0 Å². The monoisotopic (exact) mass is 130 g/mol. The van der Waals surface area contributed by atoms with E-state index in [-0.39, 0.29) is 5.91 Å². The molecule has 1 rings (SSSR count). The van der Waals surface area contributed by atoms with Crippen molar-refractivity contribution in [1.82, 2.24) is 5.32 Å². The molecule has 1 heterocycles. The molecule has 0 radical (unpaired) electrons. The maximum absolute atomic E-state index is 10.4. The van der Waals surface area contributed by atoms with Gasteiger partial charge in [-0.05, 0) is 14.6 Å². The summed E-state index contributed by atoms with van der Waals surface area (Å²) >= 11 is 0. The van der Waals surface area contributed by atoms with Crippen LogP contribution in [0.5, 0.6) is 0 Å². The maximum Gasteiger partial charge on any atom is 0.230 e. The predicted octanol–water partition coefficient (Wildman–Crippen LogP) is 0.163. The SMILES string of the molecule is CP1CC(=O)NC1=N. The van der Waals surface area contributed by atoms with Crippen LogP contribution in [0.15, 0.2) is 0 Å². The van der Waals surface area contributed by atoms with E-state index >= 15 is 0 Å². The molecule has 0 spiro atoms. The van der Waals surface area contributed by atoms with Crippen molar-refractivity contribution in [1.29, 1.82) is 5.41 Å². The van der Waals surface area contributed by atoms with Crippen molar-refractivity contribution >= 4 is 19.4 Å². The first-order valence-corrected chi connectivity index (χ1v) is 4.27. The second kappa shape index (κ2) is 1.82. The summed E-state index contributed by atoms with van der Waals surface area (Å²) in [5, 5.41) is 9.52. The van der Waals surface area contributed by atoms with Crippen LogP contribution in [-0.4, -0.2) is 24.3 Å². The Bertz CT molecular complexity index is 145. The molecule has 1 unspecified atom stereocenters. The fourth-order valence-corrected chi connectivity index (χ4v) is 1.55. The van der Waals surface area contributed by atoms with E-state index in [1.165, 1.54) is 0 Å². The fourth-order valence-electron chi connectivity index (χ4n) is 0.561. The van der Waals surface area contributed by atoms with E-state index in [0.717, 1.165) is 0 Å². The molecule has 1 amide bonds. The number of rotatable bonds is 0. The average molecular weight is 130 g/mol. The Morgan fingerprint density at radius 2 is 2.50 bits per heavy atom. The first-order valence-electron chi connectivity index (χ1n) is 2.29. The Morgan fingerprint density at radius 1 is 1.88 bits per heavy atom. The highest BCUT2D eigenvalue weighted by molar-refractivity contribution is 7.76. The standard InChI is InChI=1S/C4H7N2OP/c1-8-2-3(7)6-4(8)5/h2H2,1H3,(H2,5,6,7). The van der Waals surface area contributed by atoms with E-state index in [1.54, 1.807) is 0 Å². The summed E-state index contributed by atoms with van der Waals surface area (Å²) in [6.07, 6.45) is 0.550. The van der Waals surface area contributed by atoms with Crippen LogP contribution in [-0.2, 0) is 4.79 Å². The first kappa shape index (κ1) is 5.70. The normalized spacial score (nSPS) is 28.4. The minimum absolute atomic E-state index is 0.00334. The number of nitrogens with one attached hydrogen (secondary N) is 2. The molecule has 3 nitrogen and oxygen atoms in total. The number of amides is 1. The highest BCUT2D eigenvalue weighted by Crippen LogP contribution is 2.33. The van der Waals surface area contributed by atoms with Crippen LogP contribution in [0, 0.1) is 5.41 Å². The molecular weight excluding hydrogens is 123 g/mol. The van der Waals surface area contributed by atoms with Crippen molar-refractivity contribution in [3.05, 3.63) is 0 Å². The minimum Gasteiger partial charge on any atom is -0.311 e. The van der Waals surface area contributed by atoms with Gasteiger partial charge in [-0.3, -0.25) is 10.2 Å². The smallest absolute Gasteiger partial charge is 0.230 e. The fraction of sp³-hybridized carbons (Fsp3) is 0.500. The molecule has 0 aromatic carbocycles. The average Bonchev–Trinajstić information content (AvgIpc) is 1.85. The van der Waals surface area contributed by atoms with Crippen LogP contribution < -0.4 is 5.32 Å². The number of hydrogen-bond acceptors (Lipinski definition) is 2. The molecule has 0 aromatic rings. The zero-order valence-electron chi connectivity index (χ0n) is 4.56. The molecule has 1 aliphatic heterocycles. The van der Waals surface area contributed by atoms with Gasteiger partial charge in [0, 0.05) is 0 Å². The van der Waals surface area contributed by atoms with Gasteiger partial charge in [0.2, 0.25) is 5.91 Å². The van der Waals surface area contributed by atoms with Gasteiger partial charge in [0.25, 0.3) is 0 Å². The Hall–Kier alpha value is -0.430. The van der Waals surface area contributed by atoms with E-state index in [4.69, 9.17) is 5.41 Å². The summed E-state index contributed by atoms with van der Waals surface area (Å²) < 4.78 is 0. The molecule has 0 aliphatic carbocycles. The Balaban J connectivity index is 2.64. The van der Waals surface area contributed by atoms with E-state index in [1.807, 2.05) is 6.66 Å². The number of hydrogen-bond donors (Lipinski definition) is 2. The molecule has 1 aliphatic rings. The lowest BCUT2D eigenvalue weighted by atomic mass is 10.7. The van der Waals surface area contributed by atoms with Crippen LogP contribution >= 0.6 is 7.92 Å². The molecule has 1 saturated heterocycles. The molecule has 1 atom stereocenters. The van der Waals surface area contributed by atoms with Gasteiger partial charge in [-0.2, -0.15) is 0 Å². The molecule has 8 heavy (non-hydrogen) atoms. The van der Waals surface area contributed by atoms with Gasteiger partial charge in [-0.15, -0.1) is 0 Å². The van der Waals surface area contributed by atoms with Gasteiger partial charge in [0.15, 0.2) is 0 Å². The quantitative estimate of drug-likeness (QED) is 0.451. The van der Waals surface area contributed by atoms with Gasteiger partial charge in [0.05, 0.1) is 6.16 Å². The predicted molar refractivity (Wildman–Crippen MR) is 33.6 cm³/mol. The lowest BCUT2D eigenvalue weighted by Crippen LogP contribution is -2.19. The lowest BCUT2D eigenvalue weighted by Gasteiger charge is -1.94. The molecule has 44 valence electrons. The van der Waals surface area contributed by atoms with E-state index in [2.05, 4.69) is 5.32 Å². The van der Waals surface area contributed by atoms with Gasteiger partial charge < -0.3 is 5.32 Å². The number of carbonyl (C=O) groups excluding carboxylic acids is 1. The van der Waals surface area contributed by atoms with Crippen molar-refractivity contribution in [2.45, 2.75) is 0 Å². The molecule has 4 heteroatoms. The molecular formula is C4H7N2OP. The third-order valence-electron chi connectivity index (χ3n) is 1.02. The van der Waals surface area contributed by atoms with Gasteiger partial charge in [-0.25, -0.2) is 0 Å². The van der Waals surface area contributed by atoms with Crippen molar-refractivity contribution < 1.29 is 4.79 Å². The molecule has 0 aromatic heterocycles. The van der Waals surface area contributed by atoms with Gasteiger partial charge in [0.1, 0.15) is 5.58 Å². The summed E-state index contributed by atoms with van der Waals surface area (Å²) in [5.41, 5.74) is 0.421. The van der Waals surface area contributed by atoms with Crippen LogP contribution in [0.4, 0.5) is 0 Å². The van der Waals surface area contributed by atoms with Crippen LogP contribution in [0.1, 0.15) is 0 Å². The second-order valence-corrected chi connectivity index (χ2v) is 3.91. The van der Waals surface area contributed by atoms with E-state index in [0.29, 0.717) is 11.7 Å². The lowest BCUT2D eigenvalue weighted by molar-refractivity contribution is -0.116. The van der Waals surface area contributed by atoms with Crippen LogP contribution in [0.25, 0.3) is 0 Å². The van der Waals surface area contributed by atoms with Crippen LogP contribution in [0.3, 0.4) is 0 Å². The van der Waals surface area contributed by atoms with Gasteiger partial charge >= 0.3 is 0 Å². The highest BCUT2D eigenvalue weighted by Gasteiger charge is 2.21. The first-order chi connectivity index (χ1) is 3.70. The third kappa shape index (κ3) is 0.869. The molecule has 2 N–H and O–H groups in total. The largest absolute Gasteiger partial charge is 0.311 e. The summed E-state index contributed by atoms with van der Waals surface area (Å²) in [5.74, 6) is 0.00334. The molecule has 0 bridgehead atoms. The Labute approximate surface area is 48.7 Å². The summed E-state index contributed by atoms with van der Waals surface area (Å²) in [4.78, 5) is 10.4. The summed E-state index contributed by atoms with van der Waals surface area (Å²) in [6, 6.07) is 0. The van der Waals surface area contributed by atoms with Crippen LogP contribution in [0.2, 0.25) is 0 Å². The number of amidine groups is 1.